The van der Waals surface area contributed by atoms with Crippen molar-refractivity contribution in [2.24, 2.45) is 0 Å². The number of sulfonamides is 1. The van der Waals surface area contributed by atoms with Crippen LogP contribution in [0, 0.1) is 6.92 Å². The monoisotopic (exact) mass is 302 g/mol. The van der Waals surface area contributed by atoms with E-state index in [1.54, 1.807) is 36.4 Å². The van der Waals surface area contributed by atoms with Crippen LogP contribution < -0.4 is 4.72 Å². The second-order valence-electron chi connectivity index (χ2n) is 5.05. The zero-order valence-corrected chi connectivity index (χ0v) is 13.0. The van der Waals surface area contributed by atoms with Crippen LogP contribution in [0.4, 0.5) is 5.69 Å². The van der Waals surface area contributed by atoms with Gasteiger partial charge in [0, 0.05) is 5.69 Å². The van der Waals surface area contributed by atoms with Crippen molar-refractivity contribution < 1.29 is 8.42 Å². The maximum Gasteiger partial charge on any atom is 0.261 e. The van der Waals surface area contributed by atoms with Crippen LogP contribution in [-0.2, 0) is 16.4 Å². The van der Waals surface area contributed by atoms with E-state index in [2.05, 4.69) is 18.6 Å². The summed E-state index contributed by atoms with van der Waals surface area (Å²) in [6.07, 6.45) is 3.22. The molecule has 0 heterocycles. The molecule has 0 unspecified atom stereocenters. The molecule has 0 saturated heterocycles. The van der Waals surface area contributed by atoms with E-state index in [1.807, 2.05) is 12.1 Å². The number of rotatable bonds is 6. The number of anilines is 1. The fourth-order valence-corrected chi connectivity index (χ4v) is 3.06. The second-order valence-corrected chi connectivity index (χ2v) is 6.73. The maximum absolute atomic E-state index is 12.3. The first-order valence-electron chi connectivity index (χ1n) is 7.05. The molecular formula is C17H20NO2S. The second kappa shape index (κ2) is 6.76. The Balaban J connectivity index is 2.13. The van der Waals surface area contributed by atoms with Crippen molar-refractivity contribution in [1.29, 1.82) is 0 Å². The topological polar surface area (TPSA) is 46.2 Å². The van der Waals surface area contributed by atoms with Crippen LogP contribution in [0.25, 0.3) is 0 Å². The number of hydrogen-bond acceptors (Lipinski definition) is 2. The number of benzene rings is 2. The minimum atomic E-state index is -3.53. The van der Waals surface area contributed by atoms with Gasteiger partial charge < -0.3 is 0 Å². The van der Waals surface area contributed by atoms with Gasteiger partial charge in [0.05, 0.1) is 4.90 Å². The summed E-state index contributed by atoms with van der Waals surface area (Å²) < 4.78 is 27.1. The number of nitrogens with one attached hydrogen (secondary N) is 1. The highest BCUT2D eigenvalue weighted by atomic mass is 32.2. The molecule has 111 valence electrons. The van der Waals surface area contributed by atoms with Crippen molar-refractivity contribution in [2.45, 2.75) is 31.1 Å². The Hall–Kier alpha value is -1.81. The predicted octanol–water partition coefficient (Wildman–Crippen LogP) is 4.01. The minimum Gasteiger partial charge on any atom is -0.280 e. The van der Waals surface area contributed by atoms with E-state index in [0.29, 0.717) is 5.69 Å². The number of unbranched alkanes of at least 4 members (excludes halogenated alkanes) is 1. The fourth-order valence-electron chi connectivity index (χ4n) is 2.00. The average molecular weight is 302 g/mol. The molecule has 0 aromatic heterocycles. The molecular weight excluding hydrogens is 282 g/mol. The first-order chi connectivity index (χ1) is 10.0. The molecule has 1 radical (unpaired) electrons. The lowest BCUT2D eigenvalue weighted by molar-refractivity contribution is 0.601. The third-order valence-electron chi connectivity index (χ3n) is 3.26. The van der Waals surface area contributed by atoms with Crippen molar-refractivity contribution >= 4 is 15.7 Å². The summed E-state index contributed by atoms with van der Waals surface area (Å²) in [5.74, 6) is 0. The standard InChI is InChI=1S/C17H20NO2S/c1-3-4-5-15-8-12-17(13-9-15)21(19,20)18-16-10-6-14(2)7-11-16/h6-13,18H,2-5H2,1H3. The van der Waals surface area contributed by atoms with Crippen LogP contribution in [-0.4, -0.2) is 8.42 Å². The smallest absolute Gasteiger partial charge is 0.261 e. The Morgan fingerprint density at radius 3 is 2.19 bits per heavy atom. The van der Waals surface area contributed by atoms with E-state index in [1.165, 1.54) is 0 Å². The van der Waals surface area contributed by atoms with Crippen LogP contribution in [0.1, 0.15) is 30.9 Å². The zero-order chi connectivity index (χ0) is 15.3. The maximum atomic E-state index is 12.3. The molecule has 0 aliphatic rings. The van der Waals surface area contributed by atoms with Crippen LogP contribution in [0.15, 0.2) is 53.4 Å². The summed E-state index contributed by atoms with van der Waals surface area (Å²) in [6.45, 7) is 5.91. The van der Waals surface area contributed by atoms with Crippen molar-refractivity contribution in [3.63, 3.8) is 0 Å². The Bertz CT molecular complexity index is 674. The van der Waals surface area contributed by atoms with Crippen molar-refractivity contribution in [1.82, 2.24) is 0 Å². The van der Waals surface area contributed by atoms with Crippen LogP contribution in [0.3, 0.4) is 0 Å². The lowest BCUT2D eigenvalue weighted by atomic mass is 10.1. The van der Waals surface area contributed by atoms with Gasteiger partial charge in [0.1, 0.15) is 0 Å². The third-order valence-corrected chi connectivity index (χ3v) is 4.66. The van der Waals surface area contributed by atoms with E-state index in [9.17, 15) is 8.42 Å². The molecule has 2 aromatic carbocycles. The quantitative estimate of drug-likeness (QED) is 0.876. The van der Waals surface area contributed by atoms with Gasteiger partial charge in [-0.15, -0.1) is 0 Å². The van der Waals surface area contributed by atoms with E-state index >= 15 is 0 Å². The number of hydrogen-bond donors (Lipinski definition) is 1. The van der Waals surface area contributed by atoms with Gasteiger partial charge in [-0.2, -0.15) is 0 Å². The number of aryl methyl sites for hydroxylation is 1. The molecule has 0 fully saturated rings. The van der Waals surface area contributed by atoms with Gasteiger partial charge in [-0.25, -0.2) is 8.42 Å². The van der Waals surface area contributed by atoms with Crippen molar-refractivity contribution in [3.8, 4) is 0 Å². The Morgan fingerprint density at radius 1 is 1.00 bits per heavy atom. The first-order valence-corrected chi connectivity index (χ1v) is 8.53. The fraction of sp³-hybridized carbons (Fsp3) is 0.235. The lowest BCUT2D eigenvalue weighted by Crippen LogP contribution is -2.12. The summed E-state index contributed by atoms with van der Waals surface area (Å²) in [5, 5.41) is 0. The van der Waals surface area contributed by atoms with E-state index < -0.39 is 10.0 Å². The van der Waals surface area contributed by atoms with Gasteiger partial charge in [0.25, 0.3) is 10.0 Å². The van der Waals surface area contributed by atoms with Crippen molar-refractivity contribution in [2.75, 3.05) is 4.72 Å². The van der Waals surface area contributed by atoms with Gasteiger partial charge in [-0.1, -0.05) is 37.6 Å². The highest BCUT2D eigenvalue weighted by Gasteiger charge is 2.13. The van der Waals surface area contributed by atoms with Gasteiger partial charge in [-0.05, 0) is 55.2 Å². The minimum absolute atomic E-state index is 0.279. The predicted molar refractivity (Wildman–Crippen MR) is 86.8 cm³/mol. The molecule has 1 N–H and O–H groups in total. The molecule has 0 amide bonds. The highest BCUT2D eigenvalue weighted by molar-refractivity contribution is 7.92. The van der Waals surface area contributed by atoms with Gasteiger partial charge >= 0.3 is 0 Å². The first kappa shape index (κ1) is 15.6. The Kier molecular flexibility index (Phi) is 5.02. The third kappa shape index (κ3) is 4.33. The Labute approximate surface area is 127 Å². The zero-order valence-electron chi connectivity index (χ0n) is 12.2. The molecule has 0 spiro atoms. The molecule has 21 heavy (non-hydrogen) atoms. The Morgan fingerprint density at radius 2 is 1.62 bits per heavy atom. The molecule has 0 bridgehead atoms. The molecule has 2 rings (SSSR count). The van der Waals surface area contributed by atoms with Gasteiger partial charge in [0.2, 0.25) is 0 Å². The lowest BCUT2D eigenvalue weighted by Gasteiger charge is -2.09. The summed E-state index contributed by atoms with van der Waals surface area (Å²) in [4.78, 5) is 0.279. The largest absolute Gasteiger partial charge is 0.280 e. The van der Waals surface area contributed by atoms with Crippen LogP contribution >= 0.6 is 0 Å². The van der Waals surface area contributed by atoms with Crippen LogP contribution in [0.2, 0.25) is 0 Å². The van der Waals surface area contributed by atoms with Crippen LogP contribution in [0.5, 0.6) is 0 Å². The SMILES string of the molecule is [CH2]c1ccc(NS(=O)(=O)c2ccc(CCCC)cc2)cc1. The molecule has 2 aromatic rings. The summed E-state index contributed by atoms with van der Waals surface area (Å²) in [5.41, 5.74) is 2.55. The molecule has 0 atom stereocenters. The molecule has 0 aliphatic heterocycles. The summed E-state index contributed by atoms with van der Waals surface area (Å²) >= 11 is 0. The summed E-state index contributed by atoms with van der Waals surface area (Å²) in [6, 6.07) is 14.0. The van der Waals surface area contributed by atoms with Gasteiger partial charge in [-0.3, -0.25) is 4.72 Å². The normalized spacial score (nSPS) is 11.3. The van der Waals surface area contributed by atoms with E-state index in [-0.39, 0.29) is 4.90 Å². The molecule has 3 nitrogen and oxygen atoms in total. The van der Waals surface area contributed by atoms with E-state index in [0.717, 1.165) is 30.4 Å². The average Bonchev–Trinajstić information content (AvgIpc) is 2.48. The molecule has 0 saturated carbocycles. The summed E-state index contributed by atoms with van der Waals surface area (Å²) in [7, 11) is -3.53. The highest BCUT2D eigenvalue weighted by Crippen LogP contribution is 2.17. The van der Waals surface area contributed by atoms with Crippen molar-refractivity contribution in [3.05, 3.63) is 66.6 Å². The van der Waals surface area contributed by atoms with E-state index in [4.69, 9.17) is 0 Å². The molecule has 0 aliphatic carbocycles. The van der Waals surface area contributed by atoms with Gasteiger partial charge in [0.15, 0.2) is 0 Å². The molecule has 4 heteroatoms.